The maximum atomic E-state index is 9.22. The molecule has 10 rings (SSSR count). The summed E-state index contributed by atoms with van der Waals surface area (Å²) in [6.45, 7) is 0. The Labute approximate surface area is 334 Å². The fourth-order valence-corrected chi connectivity index (χ4v) is 7.86. The lowest BCUT2D eigenvalue weighted by Gasteiger charge is -2.12. The van der Waals surface area contributed by atoms with Crippen molar-refractivity contribution in [2.75, 3.05) is 0 Å². The SMILES string of the molecule is N#Cc1ccc(-c2ncc(-c3ccc4c5ccccc5c5ccc(-c6cnc(-c7ccc(C#N)cc7)nc6)cc5c5ccccc5c5ccccc5c4c3)cn2)cc1. The Kier molecular flexibility index (Phi) is 8.49. The van der Waals surface area contributed by atoms with Crippen LogP contribution >= 0.6 is 0 Å². The van der Waals surface area contributed by atoms with Crippen LogP contribution in [0.4, 0.5) is 0 Å². The minimum Gasteiger partial charge on any atom is -0.236 e. The van der Waals surface area contributed by atoms with Gasteiger partial charge in [-0.3, -0.25) is 0 Å². The summed E-state index contributed by atoms with van der Waals surface area (Å²) in [4.78, 5) is 18.9. The van der Waals surface area contributed by atoms with Gasteiger partial charge in [0.2, 0.25) is 0 Å². The van der Waals surface area contributed by atoms with Crippen molar-refractivity contribution in [2.24, 2.45) is 0 Å². The van der Waals surface area contributed by atoms with Crippen molar-refractivity contribution in [3.63, 3.8) is 0 Å². The fourth-order valence-electron chi connectivity index (χ4n) is 7.86. The molecule has 0 N–H and O–H groups in total. The lowest BCUT2D eigenvalue weighted by molar-refractivity contribution is 1.18. The second-order valence-electron chi connectivity index (χ2n) is 14.1. The highest BCUT2D eigenvalue weighted by molar-refractivity contribution is 6.26. The topological polar surface area (TPSA) is 99.1 Å². The third-order valence-corrected chi connectivity index (χ3v) is 10.8. The first-order valence-corrected chi connectivity index (χ1v) is 18.9. The third-order valence-electron chi connectivity index (χ3n) is 10.8. The molecule has 8 aromatic carbocycles. The molecule has 10 aromatic rings. The van der Waals surface area contributed by atoms with Crippen LogP contribution in [0.1, 0.15) is 11.1 Å². The summed E-state index contributed by atoms with van der Waals surface area (Å²) in [6.07, 6.45) is 7.49. The van der Waals surface area contributed by atoms with E-state index < -0.39 is 0 Å². The monoisotopic (exact) mass is 738 g/mol. The van der Waals surface area contributed by atoms with Gasteiger partial charge in [-0.15, -0.1) is 0 Å². The quantitative estimate of drug-likeness (QED) is 0.178. The molecule has 2 heterocycles. The van der Waals surface area contributed by atoms with E-state index in [4.69, 9.17) is 19.9 Å². The minimum atomic E-state index is 0.601. The average Bonchev–Trinajstić information content (AvgIpc) is 3.31. The fraction of sp³-hybridized carbons (Fsp3) is 0. The molecule has 0 aliphatic heterocycles. The van der Waals surface area contributed by atoms with Crippen molar-refractivity contribution < 1.29 is 0 Å². The molecule has 58 heavy (non-hydrogen) atoms. The number of aromatic nitrogens is 4. The molecule has 0 aliphatic carbocycles. The van der Waals surface area contributed by atoms with Crippen molar-refractivity contribution in [1.82, 2.24) is 19.9 Å². The smallest absolute Gasteiger partial charge is 0.159 e. The summed E-state index contributed by atoms with van der Waals surface area (Å²) in [5, 5.41) is 29.7. The molecule has 0 fully saturated rings. The predicted molar refractivity (Wildman–Crippen MR) is 234 cm³/mol. The summed E-state index contributed by atoms with van der Waals surface area (Å²) in [7, 11) is 0. The molecule has 0 atom stereocenters. The second kappa shape index (κ2) is 14.4. The molecule has 0 unspecified atom stereocenters. The molecular formula is C52H30N6. The van der Waals surface area contributed by atoms with E-state index in [2.05, 4.69) is 121 Å². The highest BCUT2D eigenvalue weighted by atomic mass is 14.9. The van der Waals surface area contributed by atoms with E-state index in [0.29, 0.717) is 22.8 Å². The van der Waals surface area contributed by atoms with Crippen molar-refractivity contribution in [3.05, 3.63) is 194 Å². The molecule has 6 heteroatoms. The average molecular weight is 739 g/mol. The number of nitrogens with zero attached hydrogens (tertiary/aromatic N) is 6. The highest BCUT2D eigenvalue weighted by Crippen LogP contribution is 2.38. The van der Waals surface area contributed by atoms with Gasteiger partial charge in [-0.1, -0.05) is 97.1 Å². The molecule has 6 nitrogen and oxygen atoms in total. The summed E-state index contributed by atoms with van der Waals surface area (Å²) in [5.74, 6) is 1.22. The van der Waals surface area contributed by atoms with Gasteiger partial charge in [-0.25, -0.2) is 19.9 Å². The minimum absolute atomic E-state index is 0.601. The Morgan fingerprint density at radius 1 is 0.276 bits per heavy atom. The maximum Gasteiger partial charge on any atom is 0.159 e. The van der Waals surface area contributed by atoms with Gasteiger partial charge < -0.3 is 0 Å². The largest absolute Gasteiger partial charge is 0.236 e. The molecule has 0 amide bonds. The molecule has 2 aromatic heterocycles. The lowest BCUT2D eigenvalue weighted by Crippen LogP contribution is -1.91. The van der Waals surface area contributed by atoms with Gasteiger partial charge in [0.1, 0.15) is 0 Å². The predicted octanol–water partition coefficient (Wildman–Crippen LogP) is 12.6. The van der Waals surface area contributed by atoms with Gasteiger partial charge in [0.25, 0.3) is 0 Å². The van der Waals surface area contributed by atoms with Crippen LogP contribution in [0.25, 0.3) is 98.9 Å². The van der Waals surface area contributed by atoms with Crippen molar-refractivity contribution >= 4 is 53.9 Å². The van der Waals surface area contributed by atoms with Crippen LogP contribution in [-0.2, 0) is 0 Å². The molecule has 0 radical (unpaired) electrons. The van der Waals surface area contributed by atoms with Gasteiger partial charge in [0.05, 0.1) is 23.3 Å². The zero-order chi connectivity index (χ0) is 39.0. The van der Waals surface area contributed by atoms with E-state index in [-0.39, 0.29) is 0 Å². The van der Waals surface area contributed by atoms with Crippen molar-refractivity contribution in [3.8, 4) is 57.2 Å². The molecule has 0 saturated heterocycles. The van der Waals surface area contributed by atoms with Crippen LogP contribution in [0, 0.1) is 22.7 Å². The van der Waals surface area contributed by atoms with Crippen LogP contribution in [0.3, 0.4) is 0 Å². The Bertz CT molecular complexity index is 3090. The van der Waals surface area contributed by atoms with E-state index in [1.165, 1.54) is 0 Å². The van der Waals surface area contributed by atoms with Crippen LogP contribution in [-0.4, -0.2) is 19.9 Å². The molecule has 0 bridgehead atoms. The molecule has 0 spiro atoms. The number of hydrogen-bond acceptors (Lipinski definition) is 6. The van der Waals surface area contributed by atoms with Crippen molar-refractivity contribution in [2.45, 2.75) is 0 Å². The normalized spacial score (nSPS) is 11.1. The van der Waals surface area contributed by atoms with Crippen LogP contribution in [0.2, 0.25) is 0 Å². The van der Waals surface area contributed by atoms with Gasteiger partial charge >= 0.3 is 0 Å². The number of rotatable bonds is 4. The van der Waals surface area contributed by atoms with Crippen molar-refractivity contribution in [1.29, 1.82) is 10.5 Å². The number of hydrogen-bond donors (Lipinski definition) is 0. The third kappa shape index (κ3) is 6.08. The van der Waals surface area contributed by atoms with Gasteiger partial charge in [-0.05, 0) is 126 Å². The summed E-state index contributed by atoms with van der Waals surface area (Å²) < 4.78 is 0. The second-order valence-corrected chi connectivity index (χ2v) is 14.1. The van der Waals surface area contributed by atoms with Gasteiger partial charge in [-0.2, -0.15) is 10.5 Å². The Balaban J connectivity index is 1.20. The van der Waals surface area contributed by atoms with Crippen LogP contribution in [0.5, 0.6) is 0 Å². The van der Waals surface area contributed by atoms with Gasteiger partial charge in [0, 0.05) is 47.0 Å². The first-order valence-electron chi connectivity index (χ1n) is 18.9. The molecule has 268 valence electrons. The highest BCUT2D eigenvalue weighted by Gasteiger charge is 2.12. The Hall–Kier alpha value is -8.32. The lowest BCUT2D eigenvalue weighted by atomic mass is 9.92. The first-order chi connectivity index (χ1) is 28.6. The maximum absolute atomic E-state index is 9.22. The van der Waals surface area contributed by atoms with E-state index >= 15 is 0 Å². The first kappa shape index (κ1) is 34.2. The van der Waals surface area contributed by atoms with Crippen LogP contribution < -0.4 is 0 Å². The van der Waals surface area contributed by atoms with Crippen LogP contribution in [0.15, 0.2) is 183 Å². The summed E-state index contributed by atoms with van der Waals surface area (Å²) in [6, 6.07) is 58.2. The van der Waals surface area contributed by atoms with E-state index in [1.54, 1.807) is 24.3 Å². The van der Waals surface area contributed by atoms with E-state index in [9.17, 15) is 10.5 Å². The van der Waals surface area contributed by atoms with Gasteiger partial charge in [0.15, 0.2) is 11.6 Å². The molecule has 0 saturated carbocycles. The van der Waals surface area contributed by atoms with E-state index in [1.807, 2.05) is 49.1 Å². The zero-order valence-electron chi connectivity index (χ0n) is 31.0. The molecular weight excluding hydrogens is 709 g/mol. The Morgan fingerprint density at radius 3 is 0.862 bits per heavy atom. The Morgan fingerprint density at radius 2 is 0.552 bits per heavy atom. The molecule has 0 aliphatic rings. The number of benzene rings is 7. The van der Waals surface area contributed by atoms with E-state index in [0.717, 1.165) is 87.2 Å². The summed E-state index contributed by atoms with van der Waals surface area (Å²) in [5.41, 5.74) is 6.77. The zero-order valence-corrected chi connectivity index (χ0v) is 31.0. The number of nitriles is 2. The number of fused-ring (bicyclic) bond motifs is 10. The standard InChI is InChI=1S/C52H30N6/c53-27-33-13-17-35(18-14-33)51-55-29-39(30-56-51)37-21-23-47-43-9-1-2-10-44(43)48-24-22-38(40-31-57-52(58-32-40)36-19-15-34(28-54)16-20-36)26-50(48)46-12-6-4-8-42(46)41-7-3-5-11-45(41)49(47)25-37/h1-26,29-32H. The summed E-state index contributed by atoms with van der Waals surface area (Å²) >= 11 is 0.